The Morgan fingerprint density at radius 2 is 2.50 bits per heavy atom. The Morgan fingerprint density at radius 1 is 1.70 bits per heavy atom. The Hall–Kier alpha value is -0.920. The third kappa shape index (κ3) is 1.53. The number of nitrogens with zero attached hydrogens (tertiary/aromatic N) is 1. The smallest absolute Gasteiger partial charge is 0.126 e. The Bertz CT molecular complexity index is 186. The van der Waals surface area contributed by atoms with Gasteiger partial charge in [0, 0.05) is 18.0 Å². The van der Waals surface area contributed by atoms with Gasteiger partial charge in [0.25, 0.3) is 0 Å². The van der Waals surface area contributed by atoms with Crippen molar-refractivity contribution >= 4 is 0 Å². The molecular formula is C8H10FN. The van der Waals surface area contributed by atoms with Gasteiger partial charge in [-0.2, -0.15) is 0 Å². The molecule has 0 radical (unpaired) electrons. The third-order valence-corrected chi connectivity index (χ3v) is 1.40. The molecule has 1 heterocycles. The lowest BCUT2D eigenvalue weighted by molar-refractivity contribution is 0.334. The Morgan fingerprint density at radius 3 is 3.00 bits per heavy atom. The molecule has 0 aliphatic carbocycles. The fourth-order valence-corrected chi connectivity index (χ4v) is 0.797. The molecule has 2 heteroatoms. The maximum absolute atomic E-state index is 12.8. The van der Waals surface area contributed by atoms with Crippen molar-refractivity contribution in [3.8, 4) is 0 Å². The number of hydrogen-bond acceptors (Lipinski definition) is 1. The van der Waals surface area contributed by atoms with E-state index < -0.39 is 6.17 Å². The van der Waals surface area contributed by atoms with Crippen LogP contribution >= 0.6 is 0 Å². The molecule has 0 aliphatic heterocycles. The summed E-state index contributed by atoms with van der Waals surface area (Å²) in [6.45, 7) is 1.82. The van der Waals surface area contributed by atoms with Crippen LogP contribution in [0.5, 0.6) is 0 Å². The van der Waals surface area contributed by atoms with Crippen LogP contribution in [0.25, 0.3) is 0 Å². The summed E-state index contributed by atoms with van der Waals surface area (Å²) in [5.74, 6) is 0. The zero-order valence-corrected chi connectivity index (χ0v) is 5.92. The predicted molar refractivity (Wildman–Crippen MR) is 38.4 cm³/mol. The molecule has 0 saturated carbocycles. The number of halogens is 1. The zero-order chi connectivity index (χ0) is 7.40. The largest absolute Gasteiger partial charge is 0.264 e. The van der Waals surface area contributed by atoms with Crippen LogP contribution in [-0.4, -0.2) is 4.98 Å². The van der Waals surface area contributed by atoms with Gasteiger partial charge in [-0.05, 0) is 12.5 Å². The molecule has 1 rings (SSSR count). The van der Waals surface area contributed by atoms with E-state index in [-0.39, 0.29) is 0 Å². The van der Waals surface area contributed by atoms with Gasteiger partial charge in [-0.15, -0.1) is 0 Å². The SMILES string of the molecule is CCC(F)c1cccnc1. The van der Waals surface area contributed by atoms with Gasteiger partial charge in [-0.3, -0.25) is 4.98 Å². The number of aromatic nitrogens is 1. The van der Waals surface area contributed by atoms with E-state index in [2.05, 4.69) is 4.98 Å². The average molecular weight is 139 g/mol. The van der Waals surface area contributed by atoms with E-state index in [4.69, 9.17) is 0 Å². The van der Waals surface area contributed by atoms with Gasteiger partial charge < -0.3 is 0 Å². The lowest BCUT2D eigenvalue weighted by Crippen LogP contribution is -1.88. The summed E-state index contributed by atoms with van der Waals surface area (Å²) >= 11 is 0. The second kappa shape index (κ2) is 3.30. The molecule has 54 valence electrons. The first-order valence-electron chi connectivity index (χ1n) is 3.38. The van der Waals surface area contributed by atoms with Crippen molar-refractivity contribution in [3.63, 3.8) is 0 Å². The lowest BCUT2D eigenvalue weighted by atomic mass is 10.1. The van der Waals surface area contributed by atoms with Gasteiger partial charge in [-0.1, -0.05) is 13.0 Å². The summed E-state index contributed by atoms with van der Waals surface area (Å²) in [7, 11) is 0. The summed E-state index contributed by atoms with van der Waals surface area (Å²) in [6.07, 6.45) is 2.87. The van der Waals surface area contributed by atoms with Crippen LogP contribution in [0.4, 0.5) is 4.39 Å². The quantitative estimate of drug-likeness (QED) is 0.613. The topological polar surface area (TPSA) is 12.9 Å². The fourth-order valence-electron chi connectivity index (χ4n) is 0.797. The summed E-state index contributed by atoms with van der Waals surface area (Å²) in [6, 6.07) is 3.50. The van der Waals surface area contributed by atoms with Gasteiger partial charge in [0.2, 0.25) is 0 Å². The predicted octanol–water partition coefficient (Wildman–Crippen LogP) is 2.50. The summed E-state index contributed by atoms with van der Waals surface area (Å²) in [4.78, 5) is 3.81. The summed E-state index contributed by atoms with van der Waals surface area (Å²) < 4.78 is 12.8. The second-order valence-electron chi connectivity index (χ2n) is 2.16. The van der Waals surface area contributed by atoms with Crippen molar-refractivity contribution in [1.29, 1.82) is 0 Å². The molecular weight excluding hydrogens is 129 g/mol. The Kier molecular flexibility index (Phi) is 2.37. The van der Waals surface area contributed by atoms with E-state index in [9.17, 15) is 4.39 Å². The molecule has 0 spiro atoms. The van der Waals surface area contributed by atoms with Gasteiger partial charge in [0.05, 0.1) is 0 Å². The Labute approximate surface area is 59.9 Å². The van der Waals surface area contributed by atoms with Crippen molar-refractivity contribution in [2.45, 2.75) is 19.5 Å². The van der Waals surface area contributed by atoms with Gasteiger partial charge in [0.15, 0.2) is 0 Å². The van der Waals surface area contributed by atoms with Gasteiger partial charge in [0.1, 0.15) is 6.17 Å². The maximum Gasteiger partial charge on any atom is 0.126 e. The first-order valence-corrected chi connectivity index (χ1v) is 3.38. The highest BCUT2D eigenvalue weighted by atomic mass is 19.1. The van der Waals surface area contributed by atoms with Crippen LogP contribution in [0.2, 0.25) is 0 Å². The molecule has 10 heavy (non-hydrogen) atoms. The highest BCUT2D eigenvalue weighted by Crippen LogP contribution is 2.18. The van der Waals surface area contributed by atoms with Crippen LogP contribution in [-0.2, 0) is 0 Å². The van der Waals surface area contributed by atoms with Crippen LogP contribution < -0.4 is 0 Å². The molecule has 0 saturated heterocycles. The van der Waals surface area contributed by atoms with Crippen molar-refractivity contribution in [2.24, 2.45) is 0 Å². The molecule has 0 N–H and O–H groups in total. The molecule has 1 aromatic rings. The molecule has 0 bridgehead atoms. The van der Waals surface area contributed by atoms with Crippen LogP contribution in [0.1, 0.15) is 25.1 Å². The van der Waals surface area contributed by atoms with Crippen molar-refractivity contribution in [3.05, 3.63) is 30.1 Å². The van der Waals surface area contributed by atoms with E-state index in [0.29, 0.717) is 12.0 Å². The monoisotopic (exact) mass is 139 g/mol. The van der Waals surface area contributed by atoms with Crippen molar-refractivity contribution < 1.29 is 4.39 Å². The lowest BCUT2D eigenvalue weighted by Gasteiger charge is -2.02. The van der Waals surface area contributed by atoms with E-state index in [1.54, 1.807) is 24.5 Å². The van der Waals surface area contributed by atoms with E-state index in [1.165, 1.54) is 0 Å². The maximum atomic E-state index is 12.8. The van der Waals surface area contributed by atoms with E-state index >= 15 is 0 Å². The highest BCUT2D eigenvalue weighted by Gasteiger charge is 2.04. The number of alkyl halides is 1. The standard InChI is InChI=1S/C8H10FN/c1-2-8(9)7-4-3-5-10-6-7/h3-6,8H,2H2,1H3. The highest BCUT2D eigenvalue weighted by molar-refractivity contribution is 5.11. The van der Waals surface area contributed by atoms with Crippen LogP contribution in [0, 0.1) is 0 Å². The minimum Gasteiger partial charge on any atom is -0.264 e. The van der Waals surface area contributed by atoms with Crippen LogP contribution in [0.3, 0.4) is 0 Å². The number of rotatable bonds is 2. The first kappa shape index (κ1) is 7.19. The fraction of sp³-hybridized carbons (Fsp3) is 0.375. The van der Waals surface area contributed by atoms with Crippen molar-refractivity contribution in [1.82, 2.24) is 4.98 Å². The first-order chi connectivity index (χ1) is 4.84. The number of hydrogen-bond donors (Lipinski definition) is 0. The third-order valence-electron chi connectivity index (χ3n) is 1.40. The summed E-state index contributed by atoms with van der Waals surface area (Å²) in [5, 5.41) is 0. The van der Waals surface area contributed by atoms with Gasteiger partial charge in [-0.25, -0.2) is 4.39 Å². The minimum absolute atomic E-state index is 0.520. The average Bonchev–Trinajstić information content (AvgIpc) is 2.05. The molecule has 1 nitrogen and oxygen atoms in total. The molecule has 0 aromatic carbocycles. The molecule has 0 fully saturated rings. The molecule has 0 aliphatic rings. The molecule has 1 aromatic heterocycles. The minimum atomic E-state index is -0.853. The number of pyridine rings is 1. The molecule has 1 atom stereocenters. The van der Waals surface area contributed by atoms with E-state index in [0.717, 1.165) is 0 Å². The summed E-state index contributed by atoms with van der Waals surface area (Å²) in [5.41, 5.74) is 0.671. The normalized spacial score (nSPS) is 13.0. The van der Waals surface area contributed by atoms with E-state index in [1.807, 2.05) is 6.92 Å². The second-order valence-corrected chi connectivity index (χ2v) is 2.16. The Balaban J connectivity index is 2.75. The molecule has 1 unspecified atom stereocenters. The zero-order valence-electron chi connectivity index (χ0n) is 5.92. The van der Waals surface area contributed by atoms with Crippen LogP contribution in [0.15, 0.2) is 24.5 Å². The molecule has 0 amide bonds. The van der Waals surface area contributed by atoms with Gasteiger partial charge >= 0.3 is 0 Å². The van der Waals surface area contributed by atoms with Crippen molar-refractivity contribution in [2.75, 3.05) is 0 Å².